The van der Waals surface area contributed by atoms with Crippen molar-refractivity contribution in [3.63, 3.8) is 0 Å². The van der Waals surface area contributed by atoms with Crippen molar-refractivity contribution >= 4 is 34.8 Å². The third-order valence-electron chi connectivity index (χ3n) is 4.09. The van der Waals surface area contributed by atoms with Gasteiger partial charge in [-0.3, -0.25) is 9.59 Å². The van der Waals surface area contributed by atoms with Gasteiger partial charge in [-0.2, -0.15) is 0 Å². The second-order valence-corrected chi connectivity index (χ2v) is 7.52. The molecule has 0 aliphatic heterocycles. The molecule has 0 saturated carbocycles. The Bertz CT molecular complexity index is 1030. The predicted octanol–water partition coefficient (Wildman–Crippen LogP) is 3.81. The van der Waals surface area contributed by atoms with Crippen LogP contribution < -0.4 is 10.5 Å². The number of rotatable bonds is 7. The largest absolute Gasteiger partial charge is 0.486 e. The molecule has 2 aromatic carbocycles. The molecule has 2 amide bonds. The van der Waals surface area contributed by atoms with Gasteiger partial charge in [0.25, 0.3) is 5.91 Å². The molecular weight excluding hydrogens is 417 g/mol. The Balaban J connectivity index is 1.72. The van der Waals surface area contributed by atoms with Gasteiger partial charge in [0.05, 0.1) is 0 Å². The molecule has 0 spiro atoms. The number of thiazole rings is 1. The van der Waals surface area contributed by atoms with Crippen LogP contribution in [0.3, 0.4) is 0 Å². The third kappa shape index (κ3) is 5.10. The maximum absolute atomic E-state index is 13.5. The molecule has 0 aliphatic rings. The monoisotopic (exact) mass is 433 g/mol. The Morgan fingerprint density at radius 1 is 1.28 bits per heavy atom. The number of carbonyl (C=O) groups is 2. The van der Waals surface area contributed by atoms with Gasteiger partial charge >= 0.3 is 0 Å². The summed E-state index contributed by atoms with van der Waals surface area (Å²) in [4.78, 5) is 30.1. The van der Waals surface area contributed by atoms with Crippen molar-refractivity contribution in [3.05, 3.63) is 81.0 Å². The van der Waals surface area contributed by atoms with Crippen LogP contribution in [0.25, 0.3) is 0 Å². The van der Waals surface area contributed by atoms with E-state index in [1.54, 1.807) is 29.6 Å². The summed E-state index contributed by atoms with van der Waals surface area (Å²) < 4.78 is 19.2. The van der Waals surface area contributed by atoms with Crippen LogP contribution in [0.1, 0.15) is 27.1 Å². The molecule has 0 fully saturated rings. The summed E-state index contributed by atoms with van der Waals surface area (Å²) in [6.07, 6.45) is 0. The molecule has 0 saturated heterocycles. The highest BCUT2D eigenvalue weighted by Crippen LogP contribution is 2.23. The maximum Gasteiger partial charge on any atom is 0.274 e. The smallest absolute Gasteiger partial charge is 0.274 e. The van der Waals surface area contributed by atoms with E-state index < -0.39 is 23.7 Å². The highest BCUT2D eigenvalue weighted by molar-refractivity contribution is 7.09. The lowest BCUT2D eigenvalue weighted by Gasteiger charge is -2.25. The van der Waals surface area contributed by atoms with E-state index >= 15 is 0 Å². The second kappa shape index (κ2) is 9.02. The average Bonchev–Trinajstić information content (AvgIpc) is 3.16. The minimum Gasteiger partial charge on any atom is -0.486 e. The van der Waals surface area contributed by atoms with E-state index in [0.717, 1.165) is 4.90 Å². The van der Waals surface area contributed by atoms with Crippen molar-refractivity contribution in [1.29, 1.82) is 0 Å². The van der Waals surface area contributed by atoms with E-state index in [4.69, 9.17) is 22.1 Å². The molecule has 1 atom stereocenters. The third-order valence-corrected chi connectivity index (χ3v) is 5.16. The van der Waals surface area contributed by atoms with Crippen LogP contribution in [0.2, 0.25) is 5.02 Å². The Hall–Kier alpha value is -2.97. The average molecular weight is 434 g/mol. The van der Waals surface area contributed by atoms with Gasteiger partial charge < -0.3 is 15.4 Å². The SMILES string of the molecule is CN(C(=O)c1csc(COc2ccc(Cl)cc2)n1)C(C(N)=O)c1cccc(F)c1. The highest BCUT2D eigenvalue weighted by atomic mass is 35.5. The fourth-order valence-corrected chi connectivity index (χ4v) is 3.51. The minimum absolute atomic E-state index is 0.148. The van der Waals surface area contributed by atoms with E-state index in [2.05, 4.69) is 4.98 Å². The Labute approximate surface area is 175 Å². The molecule has 1 heterocycles. The molecule has 150 valence electrons. The molecular formula is C20H17ClFN3O3S. The Kier molecular flexibility index (Phi) is 6.46. The Morgan fingerprint density at radius 3 is 2.66 bits per heavy atom. The number of ether oxygens (including phenoxy) is 1. The number of nitrogens with zero attached hydrogens (tertiary/aromatic N) is 2. The molecule has 1 aromatic heterocycles. The minimum atomic E-state index is -1.12. The van der Waals surface area contributed by atoms with Crippen molar-refractivity contribution in [2.45, 2.75) is 12.6 Å². The van der Waals surface area contributed by atoms with Crippen LogP contribution in [-0.2, 0) is 11.4 Å². The Morgan fingerprint density at radius 2 is 2.00 bits per heavy atom. The lowest BCUT2D eigenvalue weighted by Crippen LogP contribution is -2.39. The van der Waals surface area contributed by atoms with Crippen molar-refractivity contribution in [3.8, 4) is 5.75 Å². The number of carbonyl (C=O) groups excluding carboxylic acids is 2. The quantitative estimate of drug-likeness (QED) is 0.613. The number of nitrogens with two attached hydrogens (primary N) is 1. The number of halogens is 2. The van der Waals surface area contributed by atoms with Crippen LogP contribution in [0.15, 0.2) is 53.9 Å². The van der Waals surface area contributed by atoms with Gasteiger partial charge in [0.15, 0.2) is 0 Å². The summed E-state index contributed by atoms with van der Waals surface area (Å²) >= 11 is 7.09. The maximum atomic E-state index is 13.5. The lowest BCUT2D eigenvalue weighted by molar-refractivity contribution is -0.122. The fraction of sp³-hybridized carbons (Fsp3) is 0.150. The first kappa shape index (κ1) is 20.8. The van der Waals surface area contributed by atoms with Crippen LogP contribution in [0.5, 0.6) is 5.75 Å². The number of hydrogen-bond acceptors (Lipinski definition) is 5. The number of benzene rings is 2. The van der Waals surface area contributed by atoms with E-state index in [1.165, 1.54) is 42.6 Å². The summed E-state index contributed by atoms with van der Waals surface area (Å²) in [5.41, 5.74) is 5.90. The fourth-order valence-electron chi connectivity index (χ4n) is 2.70. The first-order valence-corrected chi connectivity index (χ1v) is 9.75. The molecule has 0 radical (unpaired) electrons. The van der Waals surface area contributed by atoms with Gasteiger partial charge in [-0.1, -0.05) is 23.7 Å². The molecule has 6 nitrogen and oxygen atoms in total. The molecule has 0 aliphatic carbocycles. The summed E-state index contributed by atoms with van der Waals surface area (Å²) in [7, 11) is 1.42. The van der Waals surface area contributed by atoms with Gasteiger partial charge in [-0.05, 0) is 42.0 Å². The van der Waals surface area contributed by atoms with Crippen LogP contribution >= 0.6 is 22.9 Å². The van der Waals surface area contributed by atoms with Crippen molar-refractivity contribution in [2.75, 3.05) is 7.05 Å². The van der Waals surface area contributed by atoms with Crippen LogP contribution in [0, 0.1) is 5.82 Å². The highest BCUT2D eigenvalue weighted by Gasteiger charge is 2.29. The number of likely N-dealkylation sites (N-methyl/N-ethyl adjacent to an activating group) is 1. The first-order chi connectivity index (χ1) is 13.8. The van der Waals surface area contributed by atoms with Crippen molar-refractivity contribution in [1.82, 2.24) is 9.88 Å². The molecule has 9 heteroatoms. The van der Waals surface area contributed by atoms with Crippen molar-refractivity contribution < 1.29 is 18.7 Å². The molecule has 3 aromatic rings. The van der Waals surface area contributed by atoms with Gasteiger partial charge in [0, 0.05) is 17.5 Å². The standard InChI is InChI=1S/C20H17ClFN3O3S/c1-25(18(19(23)26)12-3-2-4-14(22)9-12)20(27)16-11-29-17(24-16)10-28-15-7-5-13(21)6-8-15/h2-9,11,18H,10H2,1H3,(H2,23,26). The van der Waals surface area contributed by atoms with E-state index in [0.29, 0.717) is 15.8 Å². The number of amides is 2. The molecule has 0 bridgehead atoms. The zero-order valence-electron chi connectivity index (χ0n) is 15.3. The normalized spacial score (nSPS) is 11.7. The zero-order chi connectivity index (χ0) is 21.0. The van der Waals surface area contributed by atoms with E-state index in [-0.39, 0.29) is 17.9 Å². The van der Waals surface area contributed by atoms with E-state index in [9.17, 15) is 14.0 Å². The van der Waals surface area contributed by atoms with Crippen LogP contribution in [-0.4, -0.2) is 28.7 Å². The number of aromatic nitrogens is 1. The van der Waals surface area contributed by atoms with Gasteiger partial charge in [-0.15, -0.1) is 11.3 Å². The topological polar surface area (TPSA) is 85.5 Å². The molecule has 3 rings (SSSR count). The van der Waals surface area contributed by atoms with Gasteiger partial charge in [0.2, 0.25) is 5.91 Å². The summed E-state index contributed by atoms with van der Waals surface area (Å²) in [6, 6.07) is 11.2. The molecule has 2 N–H and O–H groups in total. The van der Waals surface area contributed by atoms with Crippen LogP contribution in [0.4, 0.5) is 4.39 Å². The summed E-state index contributed by atoms with van der Waals surface area (Å²) in [5.74, 6) is -1.18. The lowest BCUT2D eigenvalue weighted by atomic mass is 10.0. The van der Waals surface area contributed by atoms with E-state index in [1.807, 2.05) is 0 Å². The first-order valence-electron chi connectivity index (χ1n) is 8.50. The summed E-state index contributed by atoms with van der Waals surface area (Å²) in [6.45, 7) is 0.173. The van der Waals surface area contributed by atoms with Gasteiger partial charge in [0.1, 0.15) is 34.9 Å². The van der Waals surface area contributed by atoms with Crippen molar-refractivity contribution in [2.24, 2.45) is 5.73 Å². The molecule has 29 heavy (non-hydrogen) atoms. The summed E-state index contributed by atoms with van der Waals surface area (Å²) in [5, 5.41) is 2.76. The number of hydrogen-bond donors (Lipinski definition) is 1. The predicted molar refractivity (Wildman–Crippen MR) is 108 cm³/mol. The second-order valence-electron chi connectivity index (χ2n) is 6.15. The zero-order valence-corrected chi connectivity index (χ0v) is 16.9. The molecule has 1 unspecified atom stereocenters. The number of primary amides is 1. The van der Waals surface area contributed by atoms with Gasteiger partial charge in [-0.25, -0.2) is 9.37 Å².